The minimum atomic E-state index is -3.69. The highest BCUT2D eigenvalue weighted by Crippen LogP contribution is 2.26. The molecule has 7 nitrogen and oxygen atoms in total. The topological polar surface area (TPSA) is 70.2 Å². The maximum absolute atomic E-state index is 13.5. The van der Waals surface area contributed by atoms with Gasteiger partial charge in [0.1, 0.15) is 6.61 Å². The van der Waals surface area contributed by atoms with E-state index in [1.165, 1.54) is 11.4 Å². The SMILES string of the molecule is COCC(=O)N1CCCN(C)CCN(S(=O)(=O)c2ccc(C)cc2)Cc2ccccc21. The highest BCUT2D eigenvalue weighted by molar-refractivity contribution is 7.89. The number of likely N-dealkylation sites (N-methyl/N-ethyl adjacent to an activating group) is 1. The van der Waals surface area contributed by atoms with Crippen LogP contribution in [0.2, 0.25) is 0 Å². The standard InChI is InChI=1S/C23H31N3O4S/c1-19-9-11-21(12-10-19)31(28,29)25-16-15-24(2)13-6-14-26(23(27)18-30-3)22-8-5-4-7-20(22)17-25/h4-5,7-12H,6,13-18H2,1-3H3. The third-order valence-electron chi connectivity index (χ3n) is 5.51. The van der Waals surface area contributed by atoms with Gasteiger partial charge in [-0.25, -0.2) is 8.42 Å². The summed E-state index contributed by atoms with van der Waals surface area (Å²) >= 11 is 0. The van der Waals surface area contributed by atoms with Crippen molar-refractivity contribution in [3.63, 3.8) is 0 Å². The first kappa shape index (κ1) is 23.4. The Bertz CT molecular complexity index is 992. The Hall–Kier alpha value is -2.26. The van der Waals surface area contributed by atoms with Crippen molar-refractivity contribution in [3.05, 3.63) is 59.7 Å². The molecule has 0 saturated heterocycles. The van der Waals surface area contributed by atoms with Crippen LogP contribution >= 0.6 is 0 Å². The summed E-state index contributed by atoms with van der Waals surface area (Å²) in [6.45, 7) is 4.39. The Labute approximate surface area is 185 Å². The quantitative estimate of drug-likeness (QED) is 0.723. The number of rotatable bonds is 4. The molecule has 3 rings (SSSR count). The minimum absolute atomic E-state index is 0.0183. The number of aryl methyl sites for hydroxylation is 1. The zero-order valence-corrected chi connectivity index (χ0v) is 19.3. The van der Waals surface area contributed by atoms with Gasteiger partial charge in [0.25, 0.3) is 5.91 Å². The van der Waals surface area contributed by atoms with Crippen molar-refractivity contribution in [2.24, 2.45) is 0 Å². The smallest absolute Gasteiger partial charge is 0.252 e. The van der Waals surface area contributed by atoms with Gasteiger partial charge < -0.3 is 14.5 Å². The van der Waals surface area contributed by atoms with E-state index in [0.717, 1.165) is 29.8 Å². The number of para-hydroxylation sites is 1. The molecule has 2 aromatic carbocycles. The second-order valence-corrected chi connectivity index (χ2v) is 9.85. The Morgan fingerprint density at radius 3 is 2.42 bits per heavy atom. The lowest BCUT2D eigenvalue weighted by Crippen LogP contribution is -2.37. The van der Waals surface area contributed by atoms with Crippen LogP contribution in [0.25, 0.3) is 0 Å². The number of methoxy groups -OCH3 is 1. The molecule has 0 bridgehead atoms. The Morgan fingerprint density at radius 1 is 1.00 bits per heavy atom. The highest BCUT2D eigenvalue weighted by Gasteiger charge is 2.28. The van der Waals surface area contributed by atoms with E-state index in [2.05, 4.69) is 4.90 Å². The van der Waals surface area contributed by atoms with E-state index in [9.17, 15) is 13.2 Å². The molecule has 8 heteroatoms. The van der Waals surface area contributed by atoms with E-state index in [1.54, 1.807) is 17.0 Å². The lowest BCUT2D eigenvalue weighted by atomic mass is 10.1. The molecule has 0 atom stereocenters. The summed E-state index contributed by atoms with van der Waals surface area (Å²) in [7, 11) is -0.219. The van der Waals surface area contributed by atoms with E-state index in [0.29, 0.717) is 19.6 Å². The fourth-order valence-electron chi connectivity index (χ4n) is 3.72. The van der Waals surface area contributed by atoms with Crippen LogP contribution in [0.5, 0.6) is 0 Å². The van der Waals surface area contributed by atoms with Crippen molar-refractivity contribution in [2.45, 2.75) is 24.8 Å². The molecule has 0 radical (unpaired) electrons. The van der Waals surface area contributed by atoms with Gasteiger partial charge in [-0.15, -0.1) is 0 Å². The molecule has 0 fully saturated rings. The lowest BCUT2D eigenvalue weighted by Gasteiger charge is -2.27. The van der Waals surface area contributed by atoms with Crippen molar-refractivity contribution in [3.8, 4) is 0 Å². The van der Waals surface area contributed by atoms with Crippen LogP contribution in [-0.4, -0.2) is 70.5 Å². The van der Waals surface area contributed by atoms with Gasteiger partial charge in [0.2, 0.25) is 10.0 Å². The van der Waals surface area contributed by atoms with Gasteiger partial charge in [0.15, 0.2) is 0 Å². The molecule has 0 aromatic heterocycles. The number of benzene rings is 2. The average molecular weight is 446 g/mol. The minimum Gasteiger partial charge on any atom is -0.375 e. The normalized spacial score (nSPS) is 17.1. The third kappa shape index (κ3) is 5.71. The number of ether oxygens (including phenoxy) is 1. The van der Waals surface area contributed by atoms with Gasteiger partial charge in [0.05, 0.1) is 4.90 Å². The van der Waals surface area contributed by atoms with E-state index >= 15 is 0 Å². The van der Waals surface area contributed by atoms with Crippen LogP contribution in [0, 0.1) is 6.92 Å². The van der Waals surface area contributed by atoms with Crippen molar-refractivity contribution in [1.29, 1.82) is 0 Å². The number of carbonyl (C=O) groups is 1. The van der Waals surface area contributed by atoms with E-state index < -0.39 is 10.0 Å². The zero-order valence-electron chi connectivity index (χ0n) is 18.5. The molecule has 0 unspecified atom stereocenters. The van der Waals surface area contributed by atoms with Crippen LogP contribution < -0.4 is 4.90 Å². The van der Waals surface area contributed by atoms with Gasteiger partial charge in [-0.05, 0) is 50.7 Å². The molecule has 1 amide bonds. The number of amides is 1. The lowest BCUT2D eigenvalue weighted by molar-refractivity contribution is -0.122. The third-order valence-corrected chi connectivity index (χ3v) is 7.37. The average Bonchev–Trinajstić information content (AvgIpc) is 2.77. The molecule has 2 aromatic rings. The van der Waals surface area contributed by atoms with Gasteiger partial charge in [0, 0.05) is 39.0 Å². The van der Waals surface area contributed by atoms with Crippen LogP contribution in [0.3, 0.4) is 0 Å². The predicted octanol–water partition coefficient (Wildman–Crippen LogP) is 2.50. The van der Waals surface area contributed by atoms with Crippen LogP contribution in [0.1, 0.15) is 17.5 Å². The van der Waals surface area contributed by atoms with E-state index in [4.69, 9.17) is 4.74 Å². The summed E-state index contributed by atoms with van der Waals surface area (Å²) in [5.41, 5.74) is 2.54. The number of fused-ring (bicyclic) bond motifs is 1. The Kier molecular flexibility index (Phi) is 7.83. The Balaban J connectivity index is 2.02. The molecule has 31 heavy (non-hydrogen) atoms. The summed E-state index contributed by atoms with van der Waals surface area (Å²) in [5, 5.41) is 0. The fraction of sp³-hybridized carbons (Fsp3) is 0.435. The first-order valence-corrected chi connectivity index (χ1v) is 11.9. The monoisotopic (exact) mass is 445 g/mol. The molecule has 0 spiro atoms. The van der Waals surface area contributed by atoms with Crippen molar-refractivity contribution < 1.29 is 17.9 Å². The first-order valence-electron chi connectivity index (χ1n) is 10.5. The maximum atomic E-state index is 13.5. The number of hydrogen-bond acceptors (Lipinski definition) is 5. The van der Waals surface area contributed by atoms with Crippen LogP contribution in [-0.2, 0) is 26.1 Å². The van der Waals surface area contributed by atoms with E-state index in [-0.39, 0.29) is 24.0 Å². The summed E-state index contributed by atoms with van der Waals surface area (Å²) < 4.78 is 33.6. The number of sulfonamides is 1. The van der Waals surface area contributed by atoms with Gasteiger partial charge in [-0.2, -0.15) is 4.31 Å². The Morgan fingerprint density at radius 2 is 1.71 bits per heavy atom. The van der Waals surface area contributed by atoms with Crippen molar-refractivity contribution >= 4 is 21.6 Å². The van der Waals surface area contributed by atoms with Crippen LogP contribution in [0.4, 0.5) is 5.69 Å². The molecular weight excluding hydrogens is 414 g/mol. The van der Waals surface area contributed by atoms with Crippen molar-refractivity contribution in [1.82, 2.24) is 9.21 Å². The number of carbonyl (C=O) groups excluding carboxylic acids is 1. The van der Waals surface area contributed by atoms with E-state index in [1.807, 2.05) is 50.4 Å². The number of hydrogen-bond donors (Lipinski definition) is 0. The van der Waals surface area contributed by atoms with Crippen LogP contribution in [0.15, 0.2) is 53.4 Å². The molecule has 1 aliphatic rings. The molecule has 0 saturated carbocycles. The summed E-state index contributed by atoms with van der Waals surface area (Å²) in [6.07, 6.45) is 0.783. The molecule has 1 heterocycles. The van der Waals surface area contributed by atoms with Gasteiger partial charge in [-0.1, -0.05) is 35.9 Å². The molecule has 0 N–H and O–H groups in total. The molecule has 1 aliphatic heterocycles. The first-order chi connectivity index (χ1) is 14.8. The number of nitrogens with zero attached hydrogens (tertiary/aromatic N) is 3. The molecule has 168 valence electrons. The summed E-state index contributed by atoms with van der Waals surface area (Å²) in [4.78, 5) is 16.9. The number of anilines is 1. The van der Waals surface area contributed by atoms with Gasteiger partial charge in [-0.3, -0.25) is 4.79 Å². The second-order valence-electron chi connectivity index (χ2n) is 7.92. The largest absolute Gasteiger partial charge is 0.375 e. The molecule has 0 aliphatic carbocycles. The summed E-state index contributed by atoms with van der Waals surface area (Å²) in [6, 6.07) is 14.4. The second kappa shape index (κ2) is 10.4. The zero-order chi connectivity index (χ0) is 22.4. The van der Waals surface area contributed by atoms with Crippen molar-refractivity contribution in [2.75, 3.05) is 51.8 Å². The maximum Gasteiger partial charge on any atom is 0.252 e. The van der Waals surface area contributed by atoms with Gasteiger partial charge >= 0.3 is 0 Å². The predicted molar refractivity (Wildman–Crippen MR) is 122 cm³/mol. The highest BCUT2D eigenvalue weighted by atomic mass is 32.2. The molecular formula is C23H31N3O4S. The summed E-state index contributed by atoms with van der Waals surface area (Å²) in [5.74, 6) is -0.134. The fourth-order valence-corrected chi connectivity index (χ4v) is 5.12.